The highest BCUT2D eigenvalue weighted by molar-refractivity contribution is 6.02. The highest BCUT2D eigenvalue weighted by atomic mass is 19.1. The van der Waals surface area contributed by atoms with E-state index in [1.54, 1.807) is 30.0 Å². The summed E-state index contributed by atoms with van der Waals surface area (Å²) in [6, 6.07) is 8.15. The van der Waals surface area contributed by atoms with E-state index >= 15 is 0 Å². The number of rotatable bonds is 5. The molecule has 0 spiro atoms. The van der Waals surface area contributed by atoms with Gasteiger partial charge in [-0.3, -0.25) is 9.78 Å². The number of nitrogens with one attached hydrogen (secondary N) is 1. The maximum Gasteiger partial charge on any atom is 0.252 e. The molecule has 6 nitrogen and oxygen atoms in total. The number of benzene rings is 1. The fourth-order valence-electron chi connectivity index (χ4n) is 3.24. The van der Waals surface area contributed by atoms with Crippen LogP contribution in [-0.4, -0.2) is 20.5 Å². The van der Waals surface area contributed by atoms with Gasteiger partial charge in [0.25, 0.3) is 5.91 Å². The number of nitrogens with zero attached hydrogens (tertiary/aromatic N) is 3. The van der Waals surface area contributed by atoms with E-state index in [1.165, 1.54) is 6.20 Å². The summed E-state index contributed by atoms with van der Waals surface area (Å²) in [5.74, 6) is -1.78. The minimum atomic E-state index is -0.680. The van der Waals surface area contributed by atoms with Crippen molar-refractivity contribution in [3.63, 3.8) is 0 Å². The number of pyridine rings is 1. The summed E-state index contributed by atoms with van der Waals surface area (Å²) in [4.78, 5) is 16.0. The van der Waals surface area contributed by atoms with Gasteiger partial charge in [0.2, 0.25) is 0 Å². The van der Waals surface area contributed by atoms with Gasteiger partial charge in [-0.15, -0.1) is 0 Å². The highest BCUT2D eigenvalue weighted by Crippen LogP contribution is 2.31. The fourth-order valence-corrected chi connectivity index (χ4v) is 3.24. The molecule has 1 atom stereocenters. The third kappa shape index (κ3) is 3.52. The molecule has 29 heavy (non-hydrogen) atoms. The maximum absolute atomic E-state index is 14.2. The summed E-state index contributed by atoms with van der Waals surface area (Å²) in [7, 11) is 0. The molecule has 0 radical (unpaired) electrons. The van der Waals surface area contributed by atoms with E-state index in [4.69, 9.17) is 5.73 Å². The molecule has 8 heteroatoms. The number of hydrogen-bond acceptors (Lipinski definition) is 4. The molecule has 1 amide bonds. The quantitative estimate of drug-likeness (QED) is 0.538. The zero-order valence-corrected chi connectivity index (χ0v) is 15.4. The molecule has 0 bridgehead atoms. The summed E-state index contributed by atoms with van der Waals surface area (Å²) in [5, 5.41) is 7.35. The first-order valence-corrected chi connectivity index (χ1v) is 8.87. The number of hydrogen-bond donors (Lipinski definition) is 2. The Morgan fingerprint density at radius 1 is 1.14 bits per heavy atom. The molecule has 1 unspecified atom stereocenters. The number of primary amides is 1. The van der Waals surface area contributed by atoms with Crippen molar-refractivity contribution in [3.8, 4) is 11.1 Å². The Hall–Kier alpha value is -3.81. The maximum atomic E-state index is 14.2. The van der Waals surface area contributed by atoms with E-state index in [-0.39, 0.29) is 11.1 Å². The van der Waals surface area contributed by atoms with Crippen LogP contribution < -0.4 is 11.1 Å². The average molecular weight is 393 g/mol. The summed E-state index contributed by atoms with van der Waals surface area (Å²) >= 11 is 0. The van der Waals surface area contributed by atoms with Gasteiger partial charge >= 0.3 is 0 Å². The molecule has 0 fully saturated rings. The van der Waals surface area contributed by atoms with Gasteiger partial charge < -0.3 is 11.1 Å². The summed E-state index contributed by atoms with van der Waals surface area (Å²) in [5.41, 5.74) is 8.56. The molecule has 4 rings (SSSR count). The van der Waals surface area contributed by atoms with Crippen LogP contribution in [0.3, 0.4) is 0 Å². The minimum Gasteiger partial charge on any atom is -0.376 e. The van der Waals surface area contributed by atoms with Crippen LogP contribution >= 0.6 is 0 Å². The number of carbonyl (C=O) groups excluding carboxylic acids is 1. The largest absolute Gasteiger partial charge is 0.376 e. The van der Waals surface area contributed by atoms with Crippen molar-refractivity contribution in [2.45, 2.75) is 13.0 Å². The Bertz CT molecular complexity index is 1210. The van der Waals surface area contributed by atoms with E-state index in [9.17, 15) is 13.6 Å². The molecule has 1 aromatic carbocycles. The monoisotopic (exact) mass is 393 g/mol. The summed E-state index contributed by atoms with van der Waals surface area (Å²) < 4.78 is 29.4. The van der Waals surface area contributed by atoms with E-state index in [0.29, 0.717) is 11.2 Å². The number of nitrogens with two attached hydrogens (primary N) is 1. The molecule has 3 heterocycles. The van der Waals surface area contributed by atoms with Gasteiger partial charge in [-0.05, 0) is 48.9 Å². The van der Waals surface area contributed by atoms with Gasteiger partial charge in [0.05, 0.1) is 29.0 Å². The molecule has 0 aliphatic rings. The minimum absolute atomic E-state index is 0.135. The van der Waals surface area contributed by atoms with Gasteiger partial charge in [-0.1, -0.05) is 0 Å². The van der Waals surface area contributed by atoms with Crippen molar-refractivity contribution in [3.05, 3.63) is 83.9 Å². The molecule has 3 aromatic heterocycles. The third-order valence-electron chi connectivity index (χ3n) is 4.70. The Balaban J connectivity index is 1.82. The van der Waals surface area contributed by atoms with Crippen LogP contribution in [0.15, 0.2) is 61.2 Å². The number of halogens is 2. The molecular formula is C21H17F2N5O. The summed E-state index contributed by atoms with van der Waals surface area (Å²) in [6.45, 7) is 1.67. The number of amides is 1. The first-order valence-electron chi connectivity index (χ1n) is 8.87. The second-order valence-electron chi connectivity index (χ2n) is 6.62. The van der Waals surface area contributed by atoms with Crippen LogP contribution in [0.4, 0.5) is 14.5 Å². The van der Waals surface area contributed by atoms with Crippen LogP contribution in [0.25, 0.3) is 16.6 Å². The first-order chi connectivity index (χ1) is 13.9. The molecule has 0 saturated carbocycles. The van der Waals surface area contributed by atoms with Crippen molar-refractivity contribution in [1.29, 1.82) is 0 Å². The third-order valence-corrected chi connectivity index (χ3v) is 4.70. The Kier molecular flexibility index (Phi) is 4.67. The molecule has 0 saturated heterocycles. The topological polar surface area (TPSA) is 85.3 Å². The standard InChI is InChI=1S/C21H17F2N5O/c1-12(16-9-15(22)2-3-18(16)23)27-20-17(21(24)29)10-26-28-11-14(8-19(20)28)13-4-6-25-7-5-13/h2-12,27H,1H3,(H2,24,29). The SMILES string of the molecule is CC(Nc1c(C(N)=O)cnn2cc(-c3ccncc3)cc12)c1cc(F)ccc1F. The van der Waals surface area contributed by atoms with Crippen molar-refractivity contribution in [2.75, 3.05) is 5.32 Å². The van der Waals surface area contributed by atoms with Crippen molar-refractivity contribution in [2.24, 2.45) is 5.73 Å². The van der Waals surface area contributed by atoms with Crippen LogP contribution in [-0.2, 0) is 0 Å². The average Bonchev–Trinajstić information content (AvgIpc) is 3.15. The molecular weight excluding hydrogens is 376 g/mol. The Morgan fingerprint density at radius 2 is 1.90 bits per heavy atom. The predicted molar refractivity (Wildman–Crippen MR) is 105 cm³/mol. The lowest BCUT2D eigenvalue weighted by atomic mass is 10.1. The summed E-state index contributed by atoms with van der Waals surface area (Å²) in [6.07, 6.45) is 6.50. The Labute approximate surface area is 165 Å². The molecule has 3 N–H and O–H groups in total. The van der Waals surface area contributed by atoms with E-state index in [1.807, 2.05) is 18.2 Å². The van der Waals surface area contributed by atoms with Gasteiger partial charge in [0.15, 0.2) is 0 Å². The number of aromatic nitrogens is 3. The second-order valence-corrected chi connectivity index (χ2v) is 6.62. The van der Waals surface area contributed by atoms with Gasteiger partial charge in [0, 0.05) is 29.7 Å². The van der Waals surface area contributed by atoms with E-state index in [0.717, 1.165) is 29.3 Å². The van der Waals surface area contributed by atoms with E-state index in [2.05, 4.69) is 15.4 Å². The molecule has 4 aromatic rings. The lowest BCUT2D eigenvalue weighted by Gasteiger charge is -2.19. The first kappa shape index (κ1) is 18.5. The van der Waals surface area contributed by atoms with Crippen molar-refractivity contribution in [1.82, 2.24) is 14.6 Å². The van der Waals surface area contributed by atoms with Gasteiger partial charge in [0.1, 0.15) is 11.6 Å². The predicted octanol–water partition coefficient (Wildman–Crippen LogP) is 3.95. The lowest BCUT2D eigenvalue weighted by Crippen LogP contribution is -2.18. The zero-order valence-electron chi connectivity index (χ0n) is 15.4. The molecule has 146 valence electrons. The van der Waals surface area contributed by atoms with Crippen LogP contribution in [0.1, 0.15) is 28.9 Å². The molecule has 0 aliphatic heterocycles. The highest BCUT2D eigenvalue weighted by Gasteiger charge is 2.19. The number of carbonyl (C=O) groups is 1. The fraction of sp³-hybridized carbons (Fsp3) is 0.0952. The van der Waals surface area contributed by atoms with Crippen molar-refractivity contribution >= 4 is 17.1 Å². The van der Waals surface area contributed by atoms with Gasteiger partial charge in [-0.25, -0.2) is 13.3 Å². The zero-order chi connectivity index (χ0) is 20.5. The van der Waals surface area contributed by atoms with Crippen LogP contribution in [0.5, 0.6) is 0 Å². The number of fused-ring (bicyclic) bond motifs is 1. The smallest absolute Gasteiger partial charge is 0.252 e. The lowest BCUT2D eigenvalue weighted by molar-refractivity contribution is 0.100. The van der Waals surface area contributed by atoms with Crippen LogP contribution in [0, 0.1) is 11.6 Å². The van der Waals surface area contributed by atoms with Gasteiger partial charge in [-0.2, -0.15) is 5.10 Å². The second kappa shape index (κ2) is 7.31. The van der Waals surface area contributed by atoms with E-state index < -0.39 is 23.6 Å². The molecule has 0 aliphatic carbocycles. The number of anilines is 1. The Morgan fingerprint density at radius 3 is 2.62 bits per heavy atom. The van der Waals surface area contributed by atoms with Crippen molar-refractivity contribution < 1.29 is 13.6 Å². The van der Waals surface area contributed by atoms with Crippen LogP contribution in [0.2, 0.25) is 0 Å². The normalized spacial score (nSPS) is 12.1.